The van der Waals surface area contributed by atoms with E-state index in [0.717, 1.165) is 25.7 Å². The predicted molar refractivity (Wildman–Crippen MR) is 103 cm³/mol. The van der Waals surface area contributed by atoms with E-state index in [-0.39, 0.29) is 12.5 Å². The van der Waals surface area contributed by atoms with Crippen LogP contribution in [0.3, 0.4) is 0 Å². The minimum absolute atomic E-state index is 0.0894. The summed E-state index contributed by atoms with van der Waals surface area (Å²) in [5.74, 6) is -2.27. The number of benzene rings is 1. The van der Waals surface area contributed by atoms with Crippen LogP contribution in [0.25, 0.3) is 0 Å². The topological polar surface area (TPSA) is 113 Å². The van der Waals surface area contributed by atoms with Crippen molar-refractivity contribution in [1.82, 2.24) is 10.0 Å². The van der Waals surface area contributed by atoms with Crippen molar-refractivity contribution in [2.45, 2.75) is 57.5 Å². The highest BCUT2D eigenvalue weighted by Gasteiger charge is 2.41. The van der Waals surface area contributed by atoms with E-state index in [0.29, 0.717) is 11.5 Å². The van der Waals surface area contributed by atoms with Gasteiger partial charge in [-0.15, -0.1) is 0 Å². The quantitative estimate of drug-likeness (QED) is 0.622. The number of aliphatic carboxylic acids is 1. The molecule has 2 rings (SSSR count). The standard InChI is InChI=1S/C19H28N2O5S/c1-3-19(18(23)24,15-7-5-4-6-8-15)20-17(22)13-27(25,26)21-16-11-9-14(2)10-12-16/h4-8,14,16,21H,3,9-13H2,1-2H3,(H,20,22)(H,23,24). The molecule has 1 unspecified atom stereocenters. The largest absolute Gasteiger partial charge is 0.479 e. The lowest BCUT2D eigenvalue weighted by Crippen LogP contribution is -2.54. The molecule has 1 aromatic carbocycles. The van der Waals surface area contributed by atoms with Gasteiger partial charge in [-0.1, -0.05) is 44.2 Å². The highest BCUT2D eigenvalue weighted by atomic mass is 32.2. The van der Waals surface area contributed by atoms with Gasteiger partial charge in [0.2, 0.25) is 15.9 Å². The summed E-state index contributed by atoms with van der Waals surface area (Å²) >= 11 is 0. The zero-order valence-corrected chi connectivity index (χ0v) is 16.6. The Bertz CT molecular complexity index is 758. The molecule has 1 aliphatic rings. The second-order valence-corrected chi connectivity index (χ2v) is 9.07. The number of amides is 1. The highest BCUT2D eigenvalue weighted by Crippen LogP contribution is 2.26. The SMILES string of the molecule is CCC(NC(=O)CS(=O)(=O)NC1CCC(C)CC1)(C(=O)O)c1ccccc1. The summed E-state index contributed by atoms with van der Waals surface area (Å²) < 4.78 is 27.3. The molecule has 0 aliphatic heterocycles. The van der Waals surface area contributed by atoms with Crippen LogP contribution in [0.5, 0.6) is 0 Å². The number of carbonyl (C=O) groups is 2. The molecular weight excluding hydrogens is 368 g/mol. The van der Waals surface area contributed by atoms with Crippen molar-refractivity contribution < 1.29 is 23.1 Å². The first-order valence-corrected chi connectivity index (χ1v) is 10.9. The van der Waals surface area contributed by atoms with E-state index in [2.05, 4.69) is 17.0 Å². The molecule has 7 nitrogen and oxygen atoms in total. The van der Waals surface area contributed by atoms with Crippen LogP contribution in [-0.4, -0.2) is 37.2 Å². The van der Waals surface area contributed by atoms with E-state index in [1.54, 1.807) is 37.3 Å². The van der Waals surface area contributed by atoms with Gasteiger partial charge in [-0.05, 0) is 43.6 Å². The number of sulfonamides is 1. The van der Waals surface area contributed by atoms with E-state index < -0.39 is 33.2 Å². The summed E-state index contributed by atoms with van der Waals surface area (Å²) in [7, 11) is -3.84. The molecule has 1 amide bonds. The summed E-state index contributed by atoms with van der Waals surface area (Å²) in [6, 6.07) is 8.15. The maximum Gasteiger partial charge on any atom is 0.334 e. The minimum atomic E-state index is -3.84. The lowest BCUT2D eigenvalue weighted by Gasteiger charge is -2.30. The van der Waals surface area contributed by atoms with E-state index in [9.17, 15) is 23.1 Å². The molecule has 150 valence electrons. The number of carboxylic acid groups (broad SMARTS) is 1. The van der Waals surface area contributed by atoms with Gasteiger partial charge in [-0.2, -0.15) is 0 Å². The van der Waals surface area contributed by atoms with Crippen molar-refractivity contribution in [3.8, 4) is 0 Å². The average Bonchev–Trinajstić information content (AvgIpc) is 2.61. The Morgan fingerprint density at radius 3 is 2.26 bits per heavy atom. The second kappa shape index (κ2) is 8.84. The molecule has 27 heavy (non-hydrogen) atoms. The first kappa shape index (κ1) is 21.4. The van der Waals surface area contributed by atoms with Crippen molar-refractivity contribution in [3.63, 3.8) is 0 Å². The number of carboxylic acids is 1. The molecule has 1 fully saturated rings. The van der Waals surface area contributed by atoms with Crippen molar-refractivity contribution in [1.29, 1.82) is 0 Å². The minimum Gasteiger partial charge on any atom is -0.479 e. The van der Waals surface area contributed by atoms with Crippen LogP contribution in [0.15, 0.2) is 30.3 Å². The summed E-state index contributed by atoms with van der Waals surface area (Å²) in [5, 5.41) is 12.2. The van der Waals surface area contributed by atoms with Crippen LogP contribution < -0.4 is 10.0 Å². The molecule has 0 radical (unpaired) electrons. The van der Waals surface area contributed by atoms with Gasteiger partial charge in [0.15, 0.2) is 5.54 Å². The molecule has 0 saturated heterocycles. The number of carbonyl (C=O) groups excluding carboxylic acids is 1. The normalized spacial score (nSPS) is 22.6. The molecule has 0 bridgehead atoms. The Morgan fingerprint density at radius 2 is 1.74 bits per heavy atom. The fraction of sp³-hybridized carbons (Fsp3) is 0.579. The molecule has 1 aromatic rings. The fourth-order valence-corrected chi connectivity index (χ4v) is 4.78. The van der Waals surface area contributed by atoms with E-state index in [1.165, 1.54) is 0 Å². The van der Waals surface area contributed by atoms with E-state index in [1.807, 2.05) is 0 Å². The van der Waals surface area contributed by atoms with Crippen LogP contribution in [0, 0.1) is 5.92 Å². The Hall–Kier alpha value is -1.93. The summed E-state index contributed by atoms with van der Waals surface area (Å²) in [6.45, 7) is 3.77. The number of rotatable bonds is 8. The molecule has 1 saturated carbocycles. The van der Waals surface area contributed by atoms with Gasteiger partial charge in [-0.25, -0.2) is 17.9 Å². The van der Waals surface area contributed by atoms with Gasteiger partial charge in [0.05, 0.1) is 0 Å². The molecule has 1 aliphatic carbocycles. The first-order chi connectivity index (χ1) is 12.7. The van der Waals surface area contributed by atoms with Gasteiger partial charge in [0.1, 0.15) is 5.75 Å². The van der Waals surface area contributed by atoms with Gasteiger partial charge in [0.25, 0.3) is 0 Å². The fourth-order valence-electron chi connectivity index (χ4n) is 3.54. The van der Waals surface area contributed by atoms with Crippen LogP contribution in [0.2, 0.25) is 0 Å². The molecule has 8 heteroatoms. The third-order valence-corrected chi connectivity index (χ3v) is 6.53. The van der Waals surface area contributed by atoms with Crippen molar-refractivity contribution in [3.05, 3.63) is 35.9 Å². The number of hydrogen-bond donors (Lipinski definition) is 3. The van der Waals surface area contributed by atoms with Gasteiger partial charge >= 0.3 is 5.97 Å². The van der Waals surface area contributed by atoms with Crippen LogP contribution in [0.4, 0.5) is 0 Å². The van der Waals surface area contributed by atoms with Crippen molar-refractivity contribution >= 4 is 21.9 Å². The Kier molecular flexibility index (Phi) is 7.00. The van der Waals surface area contributed by atoms with Crippen LogP contribution in [0.1, 0.15) is 51.5 Å². The lowest BCUT2D eigenvalue weighted by molar-refractivity contribution is -0.148. The van der Waals surface area contributed by atoms with E-state index >= 15 is 0 Å². The Labute approximate surface area is 160 Å². The Morgan fingerprint density at radius 1 is 1.15 bits per heavy atom. The van der Waals surface area contributed by atoms with Crippen molar-refractivity contribution in [2.24, 2.45) is 5.92 Å². The Balaban J connectivity index is 2.08. The van der Waals surface area contributed by atoms with E-state index in [4.69, 9.17) is 0 Å². The lowest BCUT2D eigenvalue weighted by atomic mass is 9.87. The molecule has 0 spiro atoms. The molecular formula is C19H28N2O5S. The maximum absolute atomic E-state index is 12.4. The van der Waals surface area contributed by atoms with Gasteiger partial charge in [0, 0.05) is 6.04 Å². The molecule has 1 atom stereocenters. The number of nitrogens with one attached hydrogen (secondary N) is 2. The highest BCUT2D eigenvalue weighted by molar-refractivity contribution is 7.90. The smallest absolute Gasteiger partial charge is 0.334 e. The molecule has 0 aromatic heterocycles. The zero-order chi connectivity index (χ0) is 20.1. The third kappa shape index (κ3) is 5.52. The van der Waals surface area contributed by atoms with Crippen LogP contribution in [-0.2, 0) is 25.2 Å². The summed E-state index contributed by atoms with van der Waals surface area (Å²) in [4.78, 5) is 24.3. The molecule has 0 heterocycles. The maximum atomic E-state index is 12.4. The monoisotopic (exact) mass is 396 g/mol. The summed E-state index contributed by atoms with van der Waals surface area (Å²) in [5.41, 5.74) is -1.26. The zero-order valence-electron chi connectivity index (χ0n) is 15.8. The summed E-state index contributed by atoms with van der Waals surface area (Å²) in [6.07, 6.45) is 3.49. The third-order valence-electron chi connectivity index (χ3n) is 5.20. The van der Waals surface area contributed by atoms with Gasteiger partial charge < -0.3 is 10.4 Å². The second-order valence-electron chi connectivity index (χ2n) is 7.31. The predicted octanol–water partition coefficient (Wildman–Crippen LogP) is 1.99. The first-order valence-electron chi connectivity index (χ1n) is 9.28. The van der Waals surface area contributed by atoms with Gasteiger partial charge in [-0.3, -0.25) is 4.79 Å². The molecule has 3 N–H and O–H groups in total. The average molecular weight is 397 g/mol. The number of hydrogen-bond acceptors (Lipinski definition) is 4. The van der Waals surface area contributed by atoms with Crippen molar-refractivity contribution in [2.75, 3.05) is 5.75 Å². The van der Waals surface area contributed by atoms with Crippen LogP contribution >= 0.6 is 0 Å².